The lowest BCUT2D eigenvalue weighted by molar-refractivity contribution is 0.0965. The summed E-state index contributed by atoms with van der Waals surface area (Å²) in [5.41, 5.74) is 6.57. The lowest BCUT2D eigenvalue weighted by atomic mass is 10.1. The van der Waals surface area contributed by atoms with Crippen LogP contribution in [0.3, 0.4) is 0 Å². The van der Waals surface area contributed by atoms with Gasteiger partial charge in [-0.05, 0) is 17.7 Å². The van der Waals surface area contributed by atoms with E-state index in [2.05, 4.69) is 5.32 Å². The molecule has 1 heterocycles. The molecule has 0 unspecified atom stereocenters. The van der Waals surface area contributed by atoms with Gasteiger partial charge >= 0.3 is 0 Å². The molecule has 1 aliphatic heterocycles. The fraction of sp³-hybridized carbons (Fsp3) is 0.125. The van der Waals surface area contributed by atoms with Gasteiger partial charge in [-0.2, -0.15) is 0 Å². The van der Waals surface area contributed by atoms with Crippen LogP contribution in [0.1, 0.15) is 15.9 Å². The second-order valence-corrected chi connectivity index (χ2v) is 2.71. The molecule has 0 radical (unpaired) electrons. The molecule has 1 aliphatic rings. The largest absolute Gasteiger partial charge is 0.396 e. The number of hydrogen-bond donors (Lipinski definition) is 2. The molecular formula is C8H7FN2O. The summed E-state index contributed by atoms with van der Waals surface area (Å²) in [6, 6.07) is 2.66. The Morgan fingerprint density at radius 2 is 2.25 bits per heavy atom. The molecule has 62 valence electrons. The van der Waals surface area contributed by atoms with Crippen molar-refractivity contribution in [1.82, 2.24) is 5.32 Å². The highest BCUT2D eigenvalue weighted by molar-refractivity contribution is 5.98. The number of rotatable bonds is 0. The number of fused-ring (bicyclic) bond motifs is 1. The van der Waals surface area contributed by atoms with Gasteiger partial charge in [-0.15, -0.1) is 0 Å². The van der Waals surface area contributed by atoms with E-state index in [-0.39, 0.29) is 11.6 Å². The van der Waals surface area contributed by atoms with Crippen LogP contribution in [0, 0.1) is 5.82 Å². The minimum Gasteiger partial charge on any atom is -0.396 e. The van der Waals surface area contributed by atoms with E-state index in [4.69, 9.17) is 5.73 Å². The quantitative estimate of drug-likeness (QED) is 0.556. The highest BCUT2D eigenvalue weighted by atomic mass is 19.1. The van der Waals surface area contributed by atoms with Crippen LogP contribution in [0.5, 0.6) is 0 Å². The fourth-order valence-electron chi connectivity index (χ4n) is 1.27. The van der Waals surface area contributed by atoms with E-state index in [1.165, 1.54) is 12.1 Å². The molecule has 0 aliphatic carbocycles. The highest BCUT2D eigenvalue weighted by Gasteiger charge is 2.20. The molecule has 1 aromatic rings. The third kappa shape index (κ3) is 0.845. The summed E-state index contributed by atoms with van der Waals surface area (Å²) in [4.78, 5) is 11.0. The summed E-state index contributed by atoms with van der Waals surface area (Å²) in [6.45, 7) is 0.443. The Balaban J connectivity index is 2.63. The molecule has 4 heteroatoms. The number of nitrogens with one attached hydrogen (secondary N) is 1. The van der Waals surface area contributed by atoms with Gasteiger partial charge in [-0.1, -0.05) is 0 Å². The number of carbonyl (C=O) groups is 1. The first-order valence-corrected chi connectivity index (χ1v) is 3.54. The highest BCUT2D eigenvalue weighted by Crippen LogP contribution is 2.21. The number of nitrogen functional groups attached to an aromatic ring is 1. The Morgan fingerprint density at radius 1 is 1.50 bits per heavy atom. The molecule has 0 fully saturated rings. The summed E-state index contributed by atoms with van der Waals surface area (Å²) in [7, 11) is 0. The van der Waals surface area contributed by atoms with Gasteiger partial charge in [0.25, 0.3) is 5.91 Å². The molecule has 1 aromatic carbocycles. The predicted octanol–water partition coefficient (Wildman–Crippen LogP) is 0.651. The van der Waals surface area contributed by atoms with Crippen molar-refractivity contribution < 1.29 is 9.18 Å². The van der Waals surface area contributed by atoms with Gasteiger partial charge in [0.05, 0.1) is 5.69 Å². The molecule has 0 atom stereocenters. The van der Waals surface area contributed by atoms with Gasteiger partial charge in [-0.25, -0.2) is 4.39 Å². The summed E-state index contributed by atoms with van der Waals surface area (Å²) in [5.74, 6) is -0.769. The van der Waals surface area contributed by atoms with E-state index in [0.717, 1.165) is 5.56 Å². The monoisotopic (exact) mass is 166 g/mol. The van der Waals surface area contributed by atoms with Crippen molar-refractivity contribution in [2.45, 2.75) is 6.54 Å². The van der Waals surface area contributed by atoms with Crippen molar-refractivity contribution in [3.05, 3.63) is 29.1 Å². The predicted molar refractivity (Wildman–Crippen MR) is 42.0 cm³/mol. The first-order chi connectivity index (χ1) is 5.68. The van der Waals surface area contributed by atoms with Crippen molar-refractivity contribution >= 4 is 11.6 Å². The third-order valence-corrected chi connectivity index (χ3v) is 1.91. The van der Waals surface area contributed by atoms with E-state index in [9.17, 15) is 9.18 Å². The van der Waals surface area contributed by atoms with Gasteiger partial charge in [0, 0.05) is 12.1 Å². The molecule has 3 N–H and O–H groups in total. The van der Waals surface area contributed by atoms with Crippen LogP contribution < -0.4 is 11.1 Å². The summed E-state index contributed by atoms with van der Waals surface area (Å²) in [6.07, 6.45) is 0. The Hall–Kier alpha value is -1.58. The Labute approximate surface area is 68.4 Å². The lowest BCUT2D eigenvalue weighted by Gasteiger charge is -1.98. The van der Waals surface area contributed by atoms with E-state index >= 15 is 0 Å². The Kier molecular flexibility index (Phi) is 1.30. The fourth-order valence-corrected chi connectivity index (χ4v) is 1.27. The zero-order chi connectivity index (χ0) is 8.72. The normalized spacial score (nSPS) is 14.2. The summed E-state index contributed by atoms with van der Waals surface area (Å²) >= 11 is 0. The van der Waals surface area contributed by atoms with Gasteiger partial charge < -0.3 is 11.1 Å². The molecule has 2 rings (SSSR count). The van der Waals surface area contributed by atoms with E-state index in [0.29, 0.717) is 12.1 Å². The topological polar surface area (TPSA) is 55.1 Å². The molecule has 0 saturated carbocycles. The molecular weight excluding hydrogens is 159 g/mol. The number of hydrogen-bond acceptors (Lipinski definition) is 2. The standard InChI is InChI=1S/C8H7FN2O/c9-6-2-5-4(1-7(6)10)3-11-8(5)12/h1-2H,3,10H2,(H,11,12). The van der Waals surface area contributed by atoms with Crippen LogP contribution in [0.15, 0.2) is 12.1 Å². The summed E-state index contributed by atoms with van der Waals surface area (Å²) < 4.78 is 12.8. The van der Waals surface area contributed by atoms with E-state index < -0.39 is 5.82 Å². The first-order valence-electron chi connectivity index (χ1n) is 3.54. The Morgan fingerprint density at radius 3 is 3.00 bits per heavy atom. The van der Waals surface area contributed by atoms with Crippen LogP contribution in [-0.2, 0) is 6.54 Å². The van der Waals surface area contributed by atoms with Crippen LogP contribution in [0.25, 0.3) is 0 Å². The minimum absolute atomic E-state index is 0.0882. The average Bonchev–Trinajstić information content (AvgIpc) is 2.35. The molecule has 0 saturated heterocycles. The van der Waals surface area contributed by atoms with Gasteiger partial charge in [-0.3, -0.25) is 4.79 Å². The number of amides is 1. The number of halogens is 1. The molecule has 1 amide bonds. The zero-order valence-corrected chi connectivity index (χ0v) is 6.23. The second kappa shape index (κ2) is 2.20. The van der Waals surface area contributed by atoms with Gasteiger partial charge in [0.2, 0.25) is 0 Å². The van der Waals surface area contributed by atoms with E-state index in [1.807, 2.05) is 0 Å². The van der Waals surface area contributed by atoms with Crippen molar-refractivity contribution in [1.29, 1.82) is 0 Å². The first kappa shape index (κ1) is 7.09. The van der Waals surface area contributed by atoms with Crippen molar-refractivity contribution in [2.24, 2.45) is 0 Å². The molecule has 0 bridgehead atoms. The smallest absolute Gasteiger partial charge is 0.252 e. The lowest BCUT2D eigenvalue weighted by Crippen LogP contribution is -2.12. The Bertz CT molecular complexity index is 362. The number of nitrogens with two attached hydrogens (primary N) is 1. The number of anilines is 1. The van der Waals surface area contributed by atoms with Gasteiger partial charge in [0.1, 0.15) is 5.82 Å². The SMILES string of the molecule is Nc1cc2c(cc1F)C(=O)NC2. The second-order valence-electron chi connectivity index (χ2n) is 2.71. The maximum absolute atomic E-state index is 12.8. The van der Waals surface area contributed by atoms with Crippen LogP contribution in [0.2, 0.25) is 0 Å². The number of carbonyl (C=O) groups excluding carboxylic acids is 1. The van der Waals surface area contributed by atoms with Crippen molar-refractivity contribution in [3.63, 3.8) is 0 Å². The maximum atomic E-state index is 12.8. The molecule has 3 nitrogen and oxygen atoms in total. The number of benzene rings is 1. The average molecular weight is 166 g/mol. The van der Waals surface area contributed by atoms with Crippen molar-refractivity contribution in [2.75, 3.05) is 5.73 Å². The van der Waals surface area contributed by atoms with Gasteiger partial charge in [0.15, 0.2) is 0 Å². The zero-order valence-electron chi connectivity index (χ0n) is 6.23. The third-order valence-electron chi connectivity index (χ3n) is 1.91. The van der Waals surface area contributed by atoms with Crippen LogP contribution >= 0.6 is 0 Å². The minimum atomic E-state index is -0.536. The maximum Gasteiger partial charge on any atom is 0.252 e. The van der Waals surface area contributed by atoms with Crippen LogP contribution in [-0.4, -0.2) is 5.91 Å². The van der Waals surface area contributed by atoms with Crippen LogP contribution in [0.4, 0.5) is 10.1 Å². The molecule has 12 heavy (non-hydrogen) atoms. The van der Waals surface area contributed by atoms with Crippen molar-refractivity contribution in [3.8, 4) is 0 Å². The molecule has 0 spiro atoms. The molecule has 0 aromatic heterocycles. The summed E-state index contributed by atoms with van der Waals surface area (Å²) in [5, 5.41) is 2.58. The van der Waals surface area contributed by atoms with E-state index in [1.54, 1.807) is 0 Å².